The first kappa shape index (κ1) is 24.5. The van der Waals surface area contributed by atoms with E-state index in [4.69, 9.17) is 4.74 Å². The maximum Gasteiger partial charge on any atom is 0.225 e. The molecule has 0 aliphatic heterocycles. The van der Waals surface area contributed by atoms with Gasteiger partial charge in [-0.3, -0.25) is 9.79 Å². The highest BCUT2D eigenvalue weighted by Crippen LogP contribution is 2.54. The van der Waals surface area contributed by atoms with Gasteiger partial charge in [0.05, 0.1) is 12.6 Å². The third-order valence-electron chi connectivity index (χ3n) is 5.69. The van der Waals surface area contributed by atoms with Gasteiger partial charge in [-0.25, -0.2) is 0 Å². The summed E-state index contributed by atoms with van der Waals surface area (Å²) >= 11 is 0. The molecule has 6 nitrogen and oxygen atoms in total. The normalized spacial score (nSPS) is 24.1. The highest BCUT2D eigenvalue weighted by Gasteiger charge is 2.56. The van der Waals surface area contributed by atoms with E-state index < -0.39 is 0 Å². The molecule has 1 spiro atoms. The molecule has 2 unspecified atom stereocenters. The fourth-order valence-electron chi connectivity index (χ4n) is 4.18. The van der Waals surface area contributed by atoms with E-state index in [1.54, 1.807) is 0 Å². The van der Waals surface area contributed by atoms with Crippen molar-refractivity contribution in [2.75, 3.05) is 26.2 Å². The summed E-state index contributed by atoms with van der Waals surface area (Å²) in [6, 6.07) is 0.434. The van der Waals surface area contributed by atoms with E-state index in [2.05, 4.69) is 34.8 Å². The van der Waals surface area contributed by atoms with Crippen LogP contribution in [0.15, 0.2) is 4.99 Å². The minimum Gasteiger partial charge on any atom is -0.378 e. The van der Waals surface area contributed by atoms with Crippen molar-refractivity contribution in [3.63, 3.8) is 0 Å². The number of hydrogen-bond donors (Lipinski definition) is 3. The van der Waals surface area contributed by atoms with Crippen molar-refractivity contribution in [2.45, 2.75) is 78.9 Å². The lowest BCUT2D eigenvalue weighted by molar-refractivity contribution is -0.128. The lowest BCUT2D eigenvalue weighted by Crippen LogP contribution is -2.65. The molecule has 27 heavy (non-hydrogen) atoms. The Balaban J connectivity index is 0.00000364. The van der Waals surface area contributed by atoms with E-state index in [-0.39, 0.29) is 40.7 Å². The molecule has 0 aromatic heterocycles. The Morgan fingerprint density at radius 2 is 1.85 bits per heavy atom. The number of amides is 1. The fraction of sp³-hybridized carbons (Fsp3) is 0.900. The third kappa shape index (κ3) is 6.21. The van der Waals surface area contributed by atoms with Gasteiger partial charge in [-0.1, -0.05) is 33.6 Å². The van der Waals surface area contributed by atoms with Crippen LogP contribution in [-0.4, -0.2) is 50.3 Å². The molecule has 2 aliphatic carbocycles. The predicted octanol–water partition coefficient (Wildman–Crippen LogP) is 3.06. The fourth-order valence-corrected chi connectivity index (χ4v) is 4.18. The van der Waals surface area contributed by atoms with Crippen LogP contribution in [0.25, 0.3) is 0 Å². The van der Waals surface area contributed by atoms with E-state index in [1.165, 1.54) is 25.7 Å². The Morgan fingerprint density at radius 3 is 2.41 bits per heavy atom. The molecule has 0 radical (unpaired) electrons. The first-order valence-corrected chi connectivity index (χ1v) is 10.3. The third-order valence-corrected chi connectivity index (χ3v) is 5.69. The highest BCUT2D eigenvalue weighted by molar-refractivity contribution is 14.0. The Hall–Kier alpha value is -0.570. The first-order valence-electron chi connectivity index (χ1n) is 10.3. The zero-order valence-electron chi connectivity index (χ0n) is 17.7. The van der Waals surface area contributed by atoms with Crippen LogP contribution in [-0.2, 0) is 9.53 Å². The van der Waals surface area contributed by atoms with Crippen molar-refractivity contribution >= 4 is 35.8 Å². The second-order valence-electron chi connectivity index (χ2n) is 8.58. The summed E-state index contributed by atoms with van der Waals surface area (Å²) in [4.78, 5) is 16.6. The lowest BCUT2D eigenvalue weighted by Gasteiger charge is -2.54. The summed E-state index contributed by atoms with van der Waals surface area (Å²) < 4.78 is 6.00. The molecule has 2 rings (SSSR count). The van der Waals surface area contributed by atoms with Crippen LogP contribution >= 0.6 is 24.0 Å². The van der Waals surface area contributed by atoms with Crippen LogP contribution in [0.2, 0.25) is 0 Å². The molecule has 2 fully saturated rings. The summed E-state index contributed by atoms with van der Waals surface area (Å²) in [6.45, 7) is 12.7. The zero-order valence-corrected chi connectivity index (χ0v) is 20.0. The molecule has 0 bridgehead atoms. The molecule has 2 aliphatic rings. The van der Waals surface area contributed by atoms with Gasteiger partial charge in [0.25, 0.3) is 0 Å². The van der Waals surface area contributed by atoms with Gasteiger partial charge in [0.2, 0.25) is 5.91 Å². The average molecular weight is 494 g/mol. The SMILES string of the molecule is CCNC(=NCCNC(=O)C(C)(C)C)NC1CC(OCC)C12CCCC2.I. The number of halogens is 1. The van der Waals surface area contributed by atoms with Gasteiger partial charge in [-0.15, -0.1) is 24.0 Å². The Bertz CT molecular complexity index is 499. The molecule has 0 saturated heterocycles. The van der Waals surface area contributed by atoms with Crippen LogP contribution < -0.4 is 16.0 Å². The number of rotatable bonds is 7. The van der Waals surface area contributed by atoms with Crippen LogP contribution in [0.3, 0.4) is 0 Å². The lowest BCUT2D eigenvalue weighted by atomic mass is 9.60. The Labute approximate surface area is 182 Å². The van der Waals surface area contributed by atoms with Crippen molar-refractivity contribution in [1.82, 2.24) is 16.0 Å². The van der Waals surface area contributed by atoms with Crippen LogP contribution in [0, 0.1) is 10.8 Å². The maximum absolute atomic E-state index is 11.9. The van der Waals surface area contributed by atoms with Crippen LogP contribution in [0.5, 0.6) is 0 Å². The van der Waals surface area contributed by atoms with Crippen molar-refractivity contribution in [3.8, 4) is 0 Å². The number of ether oxygens (including phenoxy) is 1. The standard InChI is InChI=1S/C20H38N4O2.HI/c1-6-21-18(23-13-12-22-17(25)19(3,4)5)24-15-14-16(26-7-2)20(15)10-8-9-11-20;/h15-16H,6-14H2,1-5H3,(H,22,25)(H2,21,23,24);1H. The smallest absolute Gasteiger partial charge is 0.225 e. The summed E-state index contributed by atoms with van der Waals surface area (Å²) in [6.07, 6.45) is 6.54. The van der Waals surface area contributed by atoms with E-state index >= 15 is 0 Å². The topological polar surface area (TPSA) is 74.8 Å². The van der Waals surface area contributed by atoms with E-state index in [9.17, 15) is 4.79 Å². The minimum atomic E-state index is -0.360. The Morgan fingerprint density at radius 1 is 1.19 bits per heavy atom. The number of nitrogens with zero attached hydrogens (tertiary/aromatic N) is 1. The molecular formula is C20H39IN4O2. The second-order valence-corrected chi connectivity index (χ2v) is 8.58. The molecule has 2 atom stereocenters. The van der Waals surface area contributed by atoms with Gasteiger partial charge >= 0.3 is 0 Å². The van der Waals surface area contributed by atoms with Crippen LogP contribution in [0.1, 0.15) is 66.7 Å². The first-order chi connectivity index (χ1) is 12.3. The van der Waals surface area contributed by atoms with Gasteiger partial charge in [0.1, 0.15) is 0 Å². The maximum atomic E-state index is 11.9. The summed E-state index contributed by atoms with van der Waals surface area (Å²) in [5, 5.41) is 9.93. The number of nitrogens with one attached hydrogen (secondary N) is 3. The zero-order chi connectivity index (χ0) is 19.2. The molecule has 0 aromatic carbocycles. The van der Waals surface area contributed by atoms with E-state index in [1.807, 2.05) is 20.8 Å². The molecule has 7 heteroatoms. The highest BCUT2D eigenvalue weighted by atomic mass is 127. The van der Waals surface area contributed by atoms with E-state index in [0.29, 0.717) is 25.2 Å². The second kappa shape index (κ2) is 10.8. The van der Waals surface area contributed by atoms with E-state index in [0.717, 1.165) is 25.5 Å². The summed E-state index contributed by atoms with van der Waals surface area (Å²) in [7, 11) is 0. The van der Waals surface area contributed by atoms with Gasteiger partial charge in [0.15, 0.2) is 5.96 Å². The molecular weight excluding hydrogens is 455 g/mol. The minimum absolute atomic E-state index is 0. The van der Waals surface area contributed by atoms with Gasteiger partial charge < -0.3 is 20.7 Å². The van der Waals surface area contributed by atoms with Gasteiger partial charge in [0, 0.05) is 36.6 Å². The number of hydrogen-bond acceptors (Lipinski definition) is 3. The number of carbonyl (C=O) groups is 1. The van der Waals surface area contributed by atoms with Crippen LogP contribution in [0.4, 0.5) is 0 Å². The number of aliphatic imine (C=N–C) groups is 1. The number of guanidine groups is 1. The van der Waals surface area contributed by atoms with Gasteiger partial charge in [-0.2, -0.15) is 0 Å². The van der Waals surface area contributed by atoms with Crippen molar-refractivity contribution in [1.29, 1.82) is 0 Å². The summed E-state index contributed by atoms with van der Waals surface area (Å²) in [5.41, 5.74) is -0.0752. The quantitative estimate of drug-likeness (QED) is 0.220. The van der Waals surface area contributed by atoms with Gasteiger partial charge in [-0.05, 0) is 33.1 Å². The summed E-state index contributed by atoms with van der Waals surface area (Å²) in [5.74, 6) is 0.915. The molecule has 158 valence electrons. The molecule has 0 heterocycles. The molecule has 1 amide bonds. The largest absolute Gasteiger partial charge is 0.378 e. The number of carbonyl (C=O) groups excluding carboxylic acids is 1. The van der Waals surface area contributed by atoms with Crippen molar-refractivity contribution in [3.05, 3.63) is 0 Å². The van der Waals surface area contributed by atoms with Crippen molar-refractivity contribution in [2.24, 2.45) is 15.8 Å². The molecule has 2 saturated carbocycles. The molecule has 3 N–H and O–H groups in total. The monoisotopic (exact) mass is 494 g/mol. The van der Waals surface area contributed by atoms with Crippen molar-refractivity contribution < 1.29 is 9.53 Å². The Kier molecular flexibility index (Phi) is 9.82. The molecule has 0 aromatic rings. The predicted molar refractivity (Wildman–Crippen MR) is 122 cm³/mol. The average Bonchev–Trinajstić information content (AvgIpc) is 3.09.